The van der Waals surface area contributed by atoms with E-state index in [1.54, 1.807) is 0 Å². The van der Waals surface area contributed by atoms with Crippen molar-refractivity contribution < 1.29 is 14.5 Å². The number of hydrogen-bond donors (Lipinski definition) is 4. The number of carbonyl (C=O) groups excluding carboxylic acids is 2. The number of non-ortho nitro benzene ring substituents is 1. The molecular weight excluding hydrogens is 432 g/mol. The second kappa shape index (κ2) is 9.31. The maximum atomic E-state index is 12.1. The Morgan fingerprint density at radius 2 is 1.94 bits per heavy atom. The van der Waals surface area contributed by atoms with Crippen LogP contribution in [-0.4, -0.2) is 43.1 Å². The monoisotopic (exact) mass is 444 g/mol. The molecule has 14 nitrogen and oxygen atoms in total. The van der Waals surface area contributed by atoms with Crippen LogP contribution in [0.5, 0.6) is 0 Å². The molecule has 0 saturated carbocycles. The van der Waals surface area contributed by atoms with Crippen LogP contribution in [0.3, 0.4) is 0 Å². The lowest BCUT2D eigenvalue weighted by atomic mass is 10.2. The third-order valence-electron chi connectivity index (χ3n) is 3.51. The molecule has 3 rings (SSSR count). The summed E-state index contributed by atoms with van der Waals surface area (Å²) in [5.41, 5.74) is 0.927. The second-order valence-corrected chi connectivity index (χ2v) is 6.84. The molecule has 0 aliphatic heterocycles. The number of nitro benzene ring substituents is 1. The van der Waals surface area contributed by atoms with E-state index in [-0.39, 0.29) is 27.9 Å². The summed E-state index contributed by atoms with van der Waals surface area (Å²) < 4.78 is 0. The molecule has 1 aromatic carbocycles. The molecule has 0 spiro atoms. The van der Waals surface area contributed by atoms with Gasteiger partial charge in [-0.25, -0.2) is 10.2 Å². The molecule has 0 fully saturated rings. The van der Waals surface area contributed by atoms with Crippen molar-refractivity contribution in [3.8, 4) is 0 Å². The molecule has 0 bridgehead atoms. The summed E-state index contributed by atoms with van der Waals surface area (Å²) in [5.74, 6) is -1.28. The summed E-state index contributed by atoms with van der Waals surface area (Å²) in [4.78, 5) is 60.6. The van der Waals surface area contributed by atoms with Gasteiger partial charge in [0.25, 0.3) is 17.2 Å². The van der Waals surface area contributed by atoms with Crippen molar-refractivity contribution in [2.75, 3.05) is 5.32 Å². The van der Waals surface area contributed by atoms with Crippen molar-refractivity contribution in [1.29, 1.82) is 0 Å². The highest BCUT2D eigenvalue weighted by molar-refractivity contribution is 7.15. The van der Waals surface area contributed by atoms with Crippen LogP contribution in [0.15, 0.2) is 45.0 Å². The summed E-state index contributed by atoms with van der Waals surface area (Å²) in [6, 6.07) is 6.47. The average molecular weight is 444 g/mol. The third-order valence-corrected chi connectivity index (χ3v) is 4.35. The molecule has 0 aliphatic carbocycles. The highest BCUT2D eigenvalue weighted by Crippen LogP contribution is 2.16. The topological polar surface area (TPSA) is 205 Å². The minimum absolute atomic E-state index is 0.0586. The van der Waals surface area contributed by atoms with Gasteiger partial charge in [-0.05, 0) is 17.7 Å². The number of H-pyrrole nitrogens is 2. The van der Waals surface area contributed by atoms with E-state index in [9.17, 15) is 29.3 Å². The second-order valence-electron chi connectivity index (χ2n) is 5.78. The Hall–Kier alpha value is -4.53. The molecule has 31 heavy (non-hydrogen) atoms. The van der Waals surface area contributed by atoms with Crippen LogP contribution >= 0.6 is 11.3 Å². The van der Waals surface area contributed by atoms with Gasteiger partial charge in [-0.1, -0.05) is 11.3 Å². The molecule has 0 atom stereocenters. The van der Waals surface area contributed by atoms with Crippen LogP contribution in [-0.2, 0) is 11.2 Å². The Kier molecular flexibility index (Phi) is 6.36. The minimum atomic E-state index is -0.832. The standard InChI is InChI=1S/C16H12N8O6S/c25-11-5-10(18-15(28)19-11)14(27)20-16-23-22-13(31-16)6-12(26)21-17-7-8-1-3-9(4-2-8)24(29)30/h1-5,7H,6H2,(H,21,26)(H,20,23,27)(H2,18,19,25,28)/b17-7-. The molecule has 15 heteroatoms. The van der Waals surface area contributed by atoms with E-state index in [4.69, 9.17) is 0 Å². The lowest BCUT2D eigenvalue weighted by Gasteiger charge is -1.99. The first-order valence-corrected chi connectivity index (χ1v) is 9.15. The van der Waals surface area contributed by atoms with Gasteiger partial charge < -0.3 is 4.98 Å². The van der Waals surface area contributed by atoms with Crippen molar-refractivity contribution in [3.63, 3.8) is 0 Å². The number of rotatable bonds is 7. The minimum Gasteiger partial charge on any atom is -0.303 e. The molecule has 0 saturated heterocycles. The summed E-state index contributed by atoms with van der Waals surface area (Å²) in [5, 5.41) is 24.5. The lowest BCUT2D eigenvalue weighted by molar-refractivity contribution is -0.384. The Balaban J connectivity index is 1.53. The largest absolute Gasteiger partial charge is 0.326 e. The Morgan fingerprint density at radius 3 is 2.61 bits per heavy atom. The van der Waals surface area contributed by atoms with Gasteiger partial charge >= 0.3 is 5.69 Å². The van der Waals surface area contributed by atoms with Gasteiger partial charge in [-0.2, -0.15) is 5.10 Å². The zero-order valence-corrected chi connectivity index (χ0v) is 16.1. The van der Waals surface area contributed by atoms with Crippen LogP contribution in [0.4, 0.5) is 10.8 Å². The van der Waals surface area contributed by atoms with Crippen molar-refractivity contribution in [2.24, 2.45) is 5.10 Å². The van der Waals surface area contributed by atoms with Crippen molar-refractivity contribution in [3.05, 3.63) is 77.5 Å². The van der Waals surface area contributed by atoms with Crippen LogP contribution in [0.25, 0.3) is 0 Å². The maximum Gasteiger partial charge on any atom is 0.326 e. The summed E-state index contributed by atoms with van der Waals surface area (Å²) in [6.45, 7) is 0. The normalized spacial score (nSPS) is 10.7. The number of benzene rings is 1. The van der Waals surface area contributed by atoms with E-state index in [1.807, 2.05) is 4.98 Å². The van der Waals surface area contributed by atoms with Crippen LogP contribution < -0.4 is 22.0 Å². The number of carbonyl (C=O) groups is 2. The highest BCUT2D eigenvalue weighted by Gasteiger charge is 2.13. The van der Waals surface area contributed by atoms with Crippen molar-refractivity contribution in [2.45, 2.75) is 6.42 Å². The third kappa shape index (κ3) is 5.97. The highest BCUT2D eigenvalue weighted by atomic mass is 32.1. The van der Waals surface area contributed by atoms with Crippen molar-refractivity contribution in [1.82, 2.24) is 25.6 Å². The van der Waals surface area contributed by atoms with Gasteiger partial charge in [0.05, 0.1) is 17.6 Å². The van der Waals surface area contributed by atoms with Crippen LogP contribution in [0, 0.1) is 10.1 Å². The summed E-state index contributed by atoms with van der Waals surface area (Å²) in [7, 11) is 0. The fourth-order valence-electron chi connectivity index (χ4n) is 2.17. The molecule has 4 N–H and O–H groups in total. The zero-order valence-electron chi connectivity index (χ0n) is 15.3. The van der Waals surface area contributed by atoms with Crippen LogP contribution in [0.1, 0.15) is 21.1 Å². The number of nitrogens with zero attached hydrogens (tertiary/aromatic N) is 4. The molecule has 0 unspecified atom stereocenters. The fourth-order valence-corrected chi connectivity index (χ4v) is 2.90. The Morgan fingerprint density at radius 1 is 1.19 bits per heavy atom. The first-order valence-electron chi connectivity index (χ1n) is 8.34. The molecule has 2 amide bonds. The van der Waals surface area contributed by atoms with Gasteiger partial charge in [-0.3, -0.25) is 34.8 Å². The smallest absolute Gasteiger partial charge is 0.303 e. The fraction of sp³-hybridized carbons (Fsp3) is 0.0625. The van der Waals surface area contributed by atoms with Gasteiger partial charge in [-0.15, -0.1) is 10.2 Å². The van der Waals surface area contributed by atoms with E-state index in [1.165, 1.54) is 30.5 Å². The van der Waals surface area contributed by atoms with E-state index in [0.29, 0.717) is 5.56 Å². The summed E-state index contributed by atoms with van der Waals surface area (Å²) >= 11 is 0.918. The van der Waals surface area contributed by atoms with Crippen molar-refractivity contribution >= 4 is 40.2 Å². The Labute approximate surface area is 175 Å². The predicted molar refractivity (Wildman–Crippen MR) is 108 cm³/mol. The van der Waals surface area contributed by atoms with E-state index < -0.39 is 28.0 Å². The number of anilines is 1. The number of hydrogen-bond acceptors (Lipinski definition) is 10. The number of hydrazone groups is 1. The average Bonchev–Trinajstić information content (AvgIpc) is 3.14. The maximum absolute atomic E-state index is 12.1. The number of aromatic nitrogens is 4. The zero-order chi connectivity index (χ0) is 22.4. The molecule has 2 heterocycles. The van der Waals surface area contributed by atoms with E-state index in [2.05, 4.69) is 31.0 Å². The SMILES string of the molecule is O=C(Cc1nnc(NC(=O)c2cc(=O)[nH]c(=O)[nH]2)s1)N/N=C\c1ccc([N+](=O)[O-])cc1. The molecule has 0 radical (unpaired) electrons. The number of nitrogens with one attached hydrogen (secondary N) is 4. The van der Waals surface area contributed by atoms with Crippen LogP contribution in [0.2, 0.25) is 0 Å². The molecule has 0 aliphatic rings. The predicted octanol–water partition coefficient (Wildman–Crippen LogP) is -0.232. The molecular formula is C16H12N8O6S. The lowest BCUT2D eigenvalue weighted by Crippen LogP contribution is -2.27. The molecule has 3 aromatic rings. The first-order chi connectivity index (χ1) is 14.8. The number of aromatic amines is 2. The quantitative estimate of drug-likeness (QED) is 0.217. The summed E-state index contributed by atoms with van der Waals surface area (Å²) in [6.07, 6.45) is 1.14. The first kappa shape index (κ1) is 21.2. The van der Waals surface area contributed by atoms with E-state index >= 15 is 0 Å². The Bertz CT molecular complexity index is 1250. The molecule has 2 aromatic heterocycles. The molecule has 158 valence electrons. The number of nitro groups is 1. The van der Waals surface area contributed by atoms with Gasteiger partial charge in [0.15, 0.2) is 0 Å². The van der Waals surface area contributed by atoms with Gasteiger partial charge in [0, 0.05) is 18.2 Å². The van der Waals surface area contributed by atoms with E-state index in [0.717, 1.165) is 17.4 Å². The number of amides is 2. The van der Waals surface area contributed by atoms with Gasteiger partial charge in [0.2, 0.25) is 11.0 Å². The van der Waals surface area contributed by atoms with Gasteiger partial charge in [0.1, 0.15) is 10.7 Å².